The second-order valence-corrected chi connectivity index (χ2v) is 8.17. The molecule has 5 nitrogen and oxygen atoms in total. The number of oxazole rings is 1. The van der Waals surface area contributed by atoms with Gasteiger partial charge in [0.15, 0.2) is 0 Å². The van der Waals surface area contributed by atoms with Crippen LogP contribution in [0.3, 0.4) is 0 Å². The minimum absolute atomic E-state index is 0.134. The van der Waals surface area contributed by atoms with Crippen LogP contribution in [0, 0.1) is 12.7 Å². The van der Waals surface area contributed by atoms with Gasteiger partial charge in [0.1, 0.15) is 17.3 Å². The van der Waals surface area contributed by atoms with Gasteiger partial charge in [0.25, 0.3) is 5.91 Å². The number of rotatable bonds is 6. The van der Waals surface area contributed by atoms with Crippen LogP contribution in [-0.4, -0.2) is 17.4 Å². The average Bonchev–Trinajstić information content (AvgIpc) is 3.42. The second-order valence-electron chi connectivity index (χ2n) is 8.17. The predicted molar refractivity (Wildman–Crippen MR) is 125 cm³/mol. The number of aryl methyl sites for hydroxylation is 1. The Morgan fingerprint density at radius 1 is 1.06 bits per heavy atom. The molecule has 1 aromatic heterocycles. The number of para-hydroxylation sites is 1. The zero-order valence-electron chi connectivity index (χ0n) is 18.3. The van der Waals surface area contributed by atoms with Crippen molar-refractivity contribution in [3.05, 3.63) is 107 Å². The van der Waals surface area contributed by atoms with Gasteiger partial charge in [-0.15, -0.1) is 0 Å². The molecular weight excluding hydrogens is 417 g/mol. The van der Waals surface area contributed by atoms with Gasteiger partial charge in [-0.3, -0.25) is 4.79 Å². The van der Waals surface area contributed by atoms with Gasteiger partial charge in [0.2, 0.25) is 5.89 Å². The van der Waals surface area contributed by atoms with E-state index in [1.807, 2.05) is 19.1 Å². The third-order valence-corrected chi connectivity index (χ3v) is 6.01. The van der Waals surface area contributed by atoms with Crippen LogP contribution in [0.25, 0.3) is 11.5 Å². The van der Waals surface area contributed by atoms with E-state index in [2.05, 4.69) is 34.5 Å². The molecule has 0 aliphatic carbocycles. The zero-order chi connectivity index (χ0) is 22.8. The van der Waals surface area contributed by atoms with Gasteiger partial charge in [-0.1, -0.05) is 36.4 Å². The molecule has 0 radical (unpaired) electrons. The number of amides is 1. The molecule has 1 N–H and O–H groups in total. The highest BCUT2D eigenvalue weighted by atomic mass is 19.1. The highest BCUT2D eigenvalue weighted by Crippen LogP contribution is 2.30. The summed E-state index contributed by atoms with van der Waals surface area (Å²) in [5.41, 5.74) is 5.28. The van der Waals surface area contributed by atoms with Crippen LogP contribution in [0.5, 0.6) is 0 Å². The molecule has 1 aliphatic heterocycles. The fourth-order valence-electron chi connectivity index (χ4n) is 4.13. The van der Waals surface area contributed by atoms with E-state index in [1.54, 1.807) is 30.3 Å². The van der Waals surface area contributed by atoms with Crippen molar-refractivity contribution in [1.29, 1.82) is 0 Å². The lowest BCUT2D eigenvalue weighted by Crippen LogP contribution is -2.23. The Hall–Kier alpha value is -3.93. The standard InChI is InChI=1S/C27H24FN3O2/c1-18-24(17-31-15-14-19-6-3-5-9-25(19)31)30-27(33-18)21-12-10-20(11-13-21)26(32)29-16-22-7-2-4-8-23(22)28/h2-13H,14-17H2,1H3,(H,29,32). The molecule has 166 valence electrons. The number of aromatic nitrogens is 1. The number of benzene rings is 3. The van der Waals surface area contributed by atoms with Crippen LogP contribution in [0.15, 0.2) is 77.2 Å². The maximum absolute atomic E-state index is 13.7. The molecule has 5 rings (SSSR count). The summed E-state index contributed by atoms with van der Waals surface area (Å²) in [6.45, 7) is 3.73. The van der Waals surface area contributed by atoms with Crippen LogP contribution < -0.4 is 10.2 Å². The first-order chi connectivity index (χ1) is 16.1. The Bertz CT molecular complexity index is 1300. The summed E-state index contributed by atoms with van der Waals surface area (Å²) in [5.74, 6) is 0.733. The van der Waals surface area contributed by atoms with E-state index in [9.17, 15) is 9.18 Å². The van der Waals surface area contributed by atoms with Crippen LogP contribution >= 0.6 is 0 Å². The highest BCUT2D eigenvalue weighted by molar-refractivity contribution is 5.94. The number of fused-ring (bicyclic) bond motifs is 1. The smallest absolute Gasteiger partial charge is 0.251 e. The summed E-state index contributed by atoms with van der Waals surface area (Å²) in [5, 5.41) is 2.75. The minimum atomic E-state index is -0.333. The number of hydrogen-bond donors (Lipinski definition) is 1. The van der Waals surface area contributed by atoms with E-state index in [4.69, 9.17) is 9.40 Å². The lowest BCUT2D eigenvalue weighted by atomic mass is 10.1. The average molecular weight is 442 g/mol. The van der Waals surface area contributed by atoms with E-state index >= 15 is 0 Å². The molecule has 2 heterocycles. The van der Waals surface area contributed by atoms with Crippen molar-refractivity contribution >= 4 is 11.6 Å². The molecule has 33 heavy (non-hydrogen) atoms. The van der Waals surface area contributed by atoms with Gasteiger partial charge in [-0.2, -0.15) is 0 Å². The monoisotopic (exact) mass is 441 g/mol. The predicted octanol–water partition coefficient (Wildman–Crippen LogP) is 5.28. The van der Waals surface area contributed by atoms with Crippen molar-refractivity contribution in [2.24, 2.45) is 0 Å². The fourth-order valence-corrected chi connectivity index (χ4v) is 4.13. The Balaban J connectivity index is 1.26. The zero-order valence-corrected chi connectivity index (χ0v) is 18.3. The minimum Gasteiger partial charge on any atom is -0.441 e. The summed E-state index contributed by atoms with van der Waals surface area (Å²) in [4.78, 5) is 19.5. The largest absolute Gasteiger partial charge is 0.441 e. The number of nitrogens with zero attached hydrogens (tertiary/aromatic N) is 2. The van der Waals surface area contributed by atoms with E-state index in [1.165, 1.54) is 17.3 Å². The summed E-state index contributed by atoms with van der Waals surface area (Å²) in [6.07, 6.45) is 1.04. The summed E-state index contributed by atoms with van der Waals surface area (Å²) in [6, 6.07) is 21.9. The van der Waals surface area contributed by atoms with Gasteiger partial charge in [-0.05, 0) is 55.3 Å². The molecule has 0 bridgehead atoms. The van der Waals surface area contributed by atoms with Crippen LogP contribution in [0.4, 0.5) is 10.1 Å². The van der Waals surface area contributed by atoms with Crippen LogP contribution in [0.1, 0.15) is 32.9 Å². The summed E-state index contributed by atoms with van der Waals surface area (Å²) >= 11 is 0. The number of nitrogens with one attached hydrogen (secondary N) is 1. The van der Waals surface area contributed by atoms with Gasteiger partial charge >= 0.3 is 0 Å². The Morgan fingerprint density at radius 3 is 2.64 bits per heavy atom. The maximum Gasteiger partial charge on any atom is 0.251 e. The van der Waals surface area contributed by atoms with Gasteiger partial charge < -0.3 is 14.6 Å². The first-order valence-electron chi connectivity index (χ1n) is 11.0. The Morgan fingerprint density at radius 2 is 1.82 bits per heavy atom. The molecule has 0 saturated heterocycles. The maximum atomic E-state index is 13.7. The van der Waals surface area contributed by atoms with Crippen molar-refractivity contribution in [2.45, 2.75) is 26.4 Å². The Labute approximate surface area is 191 Å². The molecule has 0 fully saturated rings. The van der Waals surface area contributed by atoms with Crippen LogP contribution in [-0.2, 0) is 19.5 Å². The Kier molecular flexibility index (Phi) is 5.65. The summed E-state index contributed by atoms with van der Waals surface area (Å²) in [7, 11) is 0. The third-order valence-electron chi connectivity index (χ3n) is 6.01. The van der Waals surface area contributed by atoms with E-state index in [0.29, 0.717) is 23.6 Å². The third kappa shape index (κ3) is 4.37. The van der Waals surface area contributed by atoms with Crippen molar-refractivity contribution in [3.63, 3.8) is 0 Å². The first kappa shape index (κ1) is 20.9. The van der Waals surface area contributed by atoms with Crippen molar-refractivity contribution < 1.29 is 13.6 Å². The van der Waals surface area contributed by atoms with Gasteiger partial charge in [0, 0.05) is 35.5 Å². The van der Waals surface area contributed by atoms with E-state index < -0.39 is 0 Å². The molecule has 0 atom stereocenters. The van der Waals surface area contributed by atoms with Crippen molar-refractivity contribution in [3.8, 4) is 11.5 Å². The molecule has 4 aromatic rings. The number of halogens is 1. The number of carbonyl (C=O) groups excluding carboxylic acids is 1. The fraction of sp³-hybridized carbons (Fsp3) is 0.185. The lowest BCUT2D eigenvalue weighted by Gasteiger charge is -2.17. The number of carbonyl (C=O) groups is 1. The summed E-state index contributed by atoms with van der Waals surface area (Å²) < 4.78 is 19.7. The molecule has 0 unspecified atom stereocenters. The molecule has 1 aliphatic rings. The topological polar surface area (TPSA) is 58.4 Å². The quantitative estimate of drug-likeness (QED) is 0.442. The number of hydrogen-bond acceptors (Lipinski definition) is 4. The molecule has 1 amide bonds. The normalized spacial score (nSPS) is 12.6. The second kappa shape index (κ2) is 8.90. The first-order valence-corrected chi connectivity index (χ1v) is 11.0. The van der Waals surface area contributed by atoms with Crippen molar-refractivity contribution in [1.82, 2.24) is 10.3 Å². The molecule has 0 spiro atoms. The van der Waals surface area contributed by atoms with Crippen LogP contribution in [0.2, 0.25) is 0 Å². The molecule has 3 aromatic carbocycles. The lowest BCUT2D eigenvalue weighted by molar-refractivity contribution is 0.0950. The van der Waals surface area contributed by atoms with E-state index in [-0.39, 0.29) is 18.3 Å². The SMILES string of the molecule is Cc1oc(-c2ccc(C(=O)NCc3ccccc3F)cc2)nc1CN1CCc2ccccc21. The van der Waals surface area contributed by atoms with E-state index in [0.717, 1.165) is 30.0 Å². The highest BCUT2D eigenvalue weighted by Gasteiger charge is 2.21. The number of anilines is 1. The van der Waals surface area contributed by atoms with Crippen molar-refractivity contribution in [2.75, 3.05) is 11.4 Å². The van der Waals surface area contributed by atoms with Gasteiger partial charge in [0.05, 0.1) is 6.54 Å². The molecular formula is C27H24FN3O2. The van der Waals surface area contributed by atoms with Gasteiger partial charge in [-0.25, -0.2) is 9.37 Å². The molecule has 6 heteroatoms. The molecule has 0 saturated carbocycles.